The Morgan fingerprint density at radius 3 is 2.67 bits per heavy atom. The van der Waals surface area contributed by atoms with Crippen LogP contribution in [-0.4, -0.2) is 23.3 Å². The minimum absolute atomic E-state index is 0.141. The highest BCUT2D eigenvalue weighted by Gasteiger charge is 2.12. The second kappa shape index (κ2) is 2.97. The Balaban J connectivity index is 2.22. The summed E-state index contributed by atoms with van der Waals surface area (Å²) in [6.45, 7) is 2.11. The molecule has 0 aromatic carbocycles. The topological polar surface area (TPSA) is 49.0 Å². The Kier molecular flexibility index (Phi) is 1.81. The van der Waals surface area contributed by atoms with E-state index in [2.05, 4.69) is 15.1 Å². The smallest absolute Gasteiger partial charge is 0.264 e. The fourth-order valence-corrected chi connectivity index (χ4v) is 1.46. The van der Waals surface area contributed by atoms with Crippen LogP contribution in [0, 0.1) is 0 Å². The second-order valence-electron chi connectivity index (χ2n) is 2.97. The van der Waals surface area contributed by atoms with Gasteiger partial charge in [-0.1, -0.05) is 0 Å². The zero-order valence-corrected chi connectivity index (χ0v) is 6.79. The summed E-state index contributed by atoms with van der Waals surface area (Å²) < 4.78 is 0. The van der Waals surface area contributed by atoms with Gasteiger partial charge in [0.15, 0.2) is 0 Å². The molecule has 4 nitrogen and oxygen atoms in total. The third kappa shape index (κ3) is 1.32. The molecular weight excluding hydrogens is 154 g/mol. The van der Waals surface area contributed by atoms with E-state index >= 15 is 0 Å². The average Bonchev–Trinajstić information content (AvgIpc) is 2.58. The highest BCUT2D eigenvalue weighted by Crippen LogP contribution is 2.14. The predicted octanol–water partition coefficient (Wildman–Crippen LogP) is 0.370. The van der Waals surface area contributed by atoms with E-state index in [0.29, 0.717) is 0 Å². The molecule has 1 aliphatic heterocycles. The molecule has 0 amide bonds. The summed E-state index contributed by atoms with van der Waals surface area (Å²) in [5.41, 5.74) is -0.141. The highest BCUT2D eigenvalue weighted by molar-refractivity contribution is 5.36. The SMILES string of the molecule is O=c1ccc(N2CCCC2)n[nH]1. The lowest BCUT2D eigenvalue weighted by atomic mass is 10.4. The van der Waals surface area contributed by atoms with E-state index < -0.39 is 0 Å². The van der Waals surface area contributed by atoms with Crippen LogP contribution < -0.4 is 10.5 Å². The summed E-state index contributed by atoms with van der Waals surface area (Å²) in [5.74, 6) is 0.882. The van der Waals surface area contributed by atoms with Crippen LogP contribution in [0.5, 0.6) is 0 Å². The zero-order valence-electron chi connectivity index (χ0n) is 6.79. The largest absolute Gasteiger partial charge is 0.355 e. The van der Waals surface area contributed by atoms with Gasteiger partial charge in [0.1, 0.15) is 5.82 Å². The summed E-state index contributed by atoms with van der Waals surface area (Å²) in [5, 5.41) is 6.38. The van der Waals surface area contributed by atoms with Gasteiger partial charge >= 0.3 is 0 Å². The summed E-state index contributed by atoms with van der Waals surface area (Å²) >= 11 is 0. The minimum atomic E-state index is -0.141. The first-order valence-electron chi connectivity index (χ1n) is 4.17. The first-order valence-corrected chi connectivity index (χ1v) is 4.17. The van der Waals surface area contributed by atoms with E-state index in [1.807, 2.05) is 0 Å². The molecule has 1 fully saturated rings. The lowest BCUT2D eigenvalue weighted by Gasteiger charge is -2.14. The number of H-pyrrole nitrogens is 1. The van der Waals surface area contributed by atoms with E-state index in [-0.39, 0.29) is 5.56 Å². The van der Waals surface area contributed by atoms with E-state index in [1.165, 1.54) is 18.9 Å². The van der Waals surface area contributed by atoms with Crippen molar-refractivity contribution in [3.63, 3.8) is 0 Å². The number of nitrogens with zero attached hydrogens (tertiary/aromatic N) is 2. The lowest BCUT2D eigenvalue weighted by molar-refractivity contribution is 0.881. The Labute approximate surface area is 70.2 Å². The van der Waals surface area contributed by atoms with Crippen LogP contribution in [0.1, 0.15) is 12.8 Å². The zero-order chi connectivity index (χ0) is 8.39. The molecule has 12 heavy (non-hydrogen) atoms. The summed E-state index contributed by atoms with van der Waals surface area (Å²) in [7, 11) is 0. The molecule has 64 valence electrons. The summed E-state index contributed by atoms with van der Waals surface area (Å²) in [4.78, 5) is 12.9. The van der Waals surface area contributed by atoms with Gasteiger partial charge in [0.05, 0.1) is 0 Å². The Bertz CT molecular complexity index is 294. The number of anilines is 1. The van der Waals surface area contributed by atoms with Gasteiger partial charge in [0.25, 0.3) is 5.56 Å². The third-order valence-electron chi connectivity index (χ3n) is 2.09. The van der Waals surface area contributed by atoms with Gasteiger partial charge in [-0.05, 0) is 18.9 Å². The van der Waals surface area contributed by atoms with Crippen LogP contribution in [-0.2, 0) is 0 Å². The van der Waals surface area contributed by atoms with Crippen molar-refractivity contribution < 1.29 is 0 Å². The van der Waals surface area contributed by atoms with Crippen molar-refractivity contribution in [1.82, 2.24) is 10.2 Å². The first-order chi connectivity index (χ1) is 5.86. The number of rotatable bonds is 1. The van der Waals surface area contributed by atoms with Gasteiger partial charge in [0.2, 0.25) is 0 Å². The van der Waals surface area contributed by atoms with E-state index in [0.717, 1.165) is 18.9 Å². The van der Waals surface area contributed by atoms with Gasteiger partial charge < -0.3 is 4.90 Å². The van der Waals surface area contributed by atoms with Gasteiger partial charge in [-0.2, -0.15) is 5.10 Å². The van der Waals surface area contributed by atoms with Crippen molar-refractivity contribution in [3.05, 3.63) is 22.5 Å². The van der Waals surface area contributed by atoms with Gasteiger partial charge in [-0.3, -0.25) is 4.79 Å². The summed E-state index contributed by atoms with van der Waals surface area (Å²) in [6.07, 6.45) is 2.45. The maximum atomic E-state index is 10.7. The van der Waals surface area contributed by atoms with Crippen molar-refractivity contribution in [3.8, 4) is 0 Å². The molecule has 1 aromatic heterocycles. The first kappa shape index (κ1) is 7.34. The van der Waals surface area contributed by atoms with Crippen LogP contribution in [0.2, 0.25) is 0 Å². The molecule has 0 bridgehead atoms. The molecular formula is C8H11N3O. The molecule has 1 saturated heterocycles. The lowest BCUT2D eigenvalue weighted by Crippen LogP contribution is -2.21. The molecule has 4 heteroatoms. The molecule has 2 heterocycles. The molecule has 2 rings (SSSR count). The van der Waals surface area contributed by atoms with Crippen LogP contribution in [0.15, 0.2) is 16.9 Å². The number of hydrogen-bond acceptors (Lipinski definition) is 3. The highest BCUT2D eigenvalue weighted by atomic mass is 16.1. The predicted molar refractivity (Wildman–Crippen MR) is 46.3 cm³/mol. The maximum absolute atomic E-state index is 10.7. The maximum Gasteiger partial charge on any atom is 0.264 e. The Morgan fingerprint density at radius 2 is 2.08 bits per heavy atom. The monoisotopic (exact) mass is 165 g/mol. The molecule has 0 aliphatic carbocycles. The summed E-state index contributed by atoms with van der Waals surface area (Å²) in [6, 6.07) is 3.28. The average molecular weight is 165 g/mol. The molecule has 1 aliphatic rings. The Morgan fingerprint density at radius 1 is 1.33 bits per heavy atom. The van der Waals surface area contributed by atoms with Gasteiger partial charge in [-0.15, -0.1) is 0 Å². The number of aromatic amines is 1. The van der Waals surface area contributed by atoms with Crippen LogP contribution in [0.4, 0.5) is 5.82 Å². The van der Waals surface area contributed by atoms with Crippen molar-refractivity contribution in [2.75, 3.05) is 18.0 Å². The molecule has 0 unspecified atom stereocenters. The minimum Gasteiger partial charge on any atom is -0.355 e. The van der Waals surface area contributed by atoms with E-state index in [9.17, 15) is 4.79 Å². The van der Waals surface area contributed by atoms with Crippen molar-refractivity contribution in [1.29, 1.82) is 0 Å². The van der Waals surface area contributed by atoms with Crippen LogP contribution in [0.3, 0.4) is 0 Å². The van der Waals surface area contributed by atoms with Crippen molar-refractivity contribution >= 4 is 5.82 Å². The molecule has 0 atom stereocenters. The molecule has 0 saturated carbocycles. The third-order valence-corrected chi connectivity index (χ3v) is 2.09. The number of hydrogen-bond donors (Lipinski definition) is 1. The molecule has 0 spiro atoms. The van der Waals surface area contributed by atoms with Crippen LogP contribution >= 0.6 is 0 Å². The fraction of sp³-hybridized carbons (Fsp3) is 0.500. The van der Waals surface area contributed by atoms with Crippen LogP contribution in [0.25, 0.3) is 0 Å². The molecule has 1 aromatic rings. The Hall–Kier alpha value is -1.32. The standard InChI is InChI=1S/C8H11N3O/c12-8-4-3-7(9-10-8)11-5-1-2-6-11/h3-4H,1-2,5-6H2,(H,10,12). The second-order valence-corrected chi connectivity index (χ2v) is 2.97. The molecule has 0 radical (unpaired) electrons. The van der Waals surface area contributed by atoms with Gasteiger partial charge in [-0.25, -0.2) is 5.10 Å². The number of nitrogens with one attached hydrogen (secondary N) is 1. The van der Waals surface area contributed by atoms with Crippen molar-refractivity contribution in [2.24, 2.45) is 0 Å². The number of aromatic nitrogens is 2. The fourth-order valence-electron chi connectivity index (χ4n) is 1.46. The van der Waals surface area contributed by atoms with E-state index in [1.54, 1.807) is 6.07 Å². The van der Waals surface area contributed by atoms with Crippen molar-refractivity contribution in [2.45, 2.75) is 12.8 Å². The molecule has 1 N–H and O–H groups in total. The quantitative estimate of drug-likeness (QED) is 0.654. The normalized spacial score (nSPS) is 16.8. The van der Waals surface area contributed by atoms with E-state index in [4.69, 9.17) is 0 Å². The van der Waals surface area contributed by atoms with Gasteiger partial charge in [0, 0.05) is 19.2 Å².